The second-order valence-corrected chi connectivity index (χ2v) is 9.23. The van der Waals surface area contributed by atoms with Crippen molar-refractivity contribution in [3.8, 4) is 11.5 Å². The van der Waals surface area contributed by atoms with Crippen LogP contribution in [0.1, 0.15) is 31.4 Å². The Balaban J connectivity index is 2.06. The molecule has 1 atom stereocenters. The summed E-state index contributed by atoms with van der Waals surface area (Å²) in [6.45, 7) is 8.71. The van der Waals surface area contributed by atoms with Gasteiger partial charge in [0.05, 0.1) is 25.1 Å². The summed E-state index contributed by atoms with van der Waals surface area (Å²) in [6, 6.07) is 11.7. The second kappa shape index (κ2) is 11.0. The van der Waals surface area contributed by atoms with Gasteiger partial charge < -0.3 is 14.8 Å². The molecule has 8 heteroatoms. The molecule has 2 aromatic rings. The molecule has 0 heterocycles. The van der Waals surface area contributed by atoms with Crippen molar-refractivity contribution in [2.75, 3.05) is 30.3 Å². The van der Waals surface area contributed by atoms with E-state index in [2.05, 4.69) is 11.4 Å². The predicted octanol–water partition coefficient (Wildman–Crippen LogP) is 3.44. The molecule has 0 saturated heterocycles. The summed E-state index contributed by atoms with van der Waals surface area (Å²) in [4.78, 5) is 12.8. The lowest BCUT2D eigenvalue weighted by atomic mass is 10.1. The lowest BCUT2D eigenvalue weighted by Crippen LogP contribution is -2.50. The first-order valence-corrected chi connectivity index (χ1v) is 12.2. The van der Waals surface area contributed by atoms with Crippen LogP contribution in [0.2, 0.25) is 0 Å². The third-order valence-corrected chi connectivity index (χ3v) is 5.78. The number of aryl methyl sites for hydroxylation is 2. The average molecular weight is 449 g/mol. The van der Waals surface area contributed by atoms with Crippen molar-refractivity contribution < 1.29 is 22.7 Å². The Labute approximate surface area is 185 Å². The van der Waals surface area contributed by atoms with Crippen molar-refractivity contribution in [2.24, 2.45) is 0 Å². The standard InChI is InChI=1S/C23H32N2O5S/c1-6-22(23(26)24-12-13-30-21-15-17(3)14-18(4)16-21)25(31(5,27)28)19-8-10-20(11-9-19)29-7-2/h8-11,14-16,22H,6-7,12-13H2,1-5H3,(H,24,26)/t22-/m0/s1. The van der Waals surface area contributed by atoms with Gasteiger partial charge in [0.1, 0.15) is 24.1 Å². The van der Waals surface area contributed by atoms with Crippen LogP contribution in [-0.2, 0) is 14.8 Å². The van der Waals surface area contributed by atoms with E-state index in [1.54, 1.807) is 31.2 Å². The quantitative estimate of drug-likeness (QED) is 0.532. The van der Waals surface area contributed by atoms with Crippen molar-refractivity contribution in [1.29, 1.82) is 0 Å². The van der Waals surface area contributed by atoms with Crippen LogP contribution in [0, 0.1) is 13.8 Å². The molecular weight excluding hydrogens is 416 g/mol. The van der Waals surface area contributed by atoms with Gasteiger partial charge in [-0.3, -0.25) is 9.10 Å². The summed E-state index contributed by atoms with van der Waals surface area (Å²) < 4.78 is 37.3. The largest absolute Gasteiger partial charge is 0.494 e. The van der Waals surface area contributed by atoms with E-state index in [4.69, 9.17) is 9.47 Å². The molecule has 2 rings (SSSR count). The summed E-state index contributed by atoms with van der Waals surface area (Å²) in [5.74, 6) is 1.01. The highest BCUT2D eigenvalue weighted by Crippen LogP contribution is 2.25. The fourth-order valence-corrected chi connectivity index (χ4v) is 4.61. The van der Waals surface area contributed by atoms with Gasteiger partial charge in [-0.15, -0.1) is 0 Å². The molecule has 1 amide bonds. The van der Waals surface area contributed by atoms with Gasteiger partial charge in [-0.2, -0.15) is 0 Å². The third-order valence-electron chi connectivity index (χ3n) is 4.60. The van der Waals surface area contributed by atoms with Crippen molar-refractivity contribution in [2.45, 2.75) is 40.2 Å². The van der Waals surface area contributed by atoms with Gasteiger partial charge in [-0.25, -0.2) is 8.42 Å². The van der Waals surface area contributed by atoms with E-state index in [-0.39, 0.29) is 19.1 Å². The summed E-state index contributed by atoms with van der Waals surface area (Å²) in [7, 11) is -3.68. The van der Waals surface area contributed by atoms with Crippen LogP contribution in [-0.4, -0.2) is 46.4 Å². The molecule has 1 N–H and O–H groups in total. The first-order chi connectivity index (χ1) is 14.7. The molecule has 31 heavy (non-hydrogen) atoms. The average Bonchev–Trinajstić information content (AvgIpc) is 2.68. The highest BCUT2D eigenvalue weighted by Gasteiger charge is 2.31. The summed E-state index contributed by atoms with van der Waals surface area (Å²) in [5, 5.41) is 2.79. The molecule has 0 aliphatic rings. The Morgan fingerprint density at radius 3 is 2.13 bits per heavy atom. The zero-order valence-electron chi connectivity index (χ0n) is 18.8. The molecule has 0 fully saturated rings. The van der Waals surface area contributed by atoms with Crippen LogP contribution in [0.25, 0.3) is 0 Å². The number of ether oxygens (including phenoxy) is 2. The third kappa shape index (κ3) is 7.17. The molecule has 0 aromatic heterocycles. The van der Waals surface area contributed by atoms with E-state index < -0.39 is 16.1 Å². The zero-order chi connectivity index (χ0) is 23.0. The highest BCUT2D eigenvalue weighted by atomic mass is 32.2. The van der Waals surface area contributed by atoms with E-state index >= 15 is 0 Å². The number of amides is 1. The zero-order valence-corrected chi connectivity index (χ0v) is 19.7. The minimum Gasteiger partial charge on any atom is -0.494 e. The highest BCUT2D eigenvalue weighted by molar-refractivity contribution is 7.92. The van der Waals surface area contributed by atoms with Crippen LogP contribution in [0.15, 0.2) is 42.5 Å². The number of hydrogen-bond donors (Lipinski definition) is 1. The number of sulfonamides is 1. The van der Waals surface area contributed by atoms with Gasteiger partial charge >= 0.3 is 0 Å². The maximum absolute atomic E-state index is 12.8. The molecule has 0 spiro atoms. The fourth-order valence-electron chi connectivity index (χ4n) is 3.39. The number of benzene rings is 2. The molecular formula is C23H32N2O5S. The number of carbonyl (C=O) groups excluding carboxylic acids is 1. The fraction of sp³-hybridized carbons (Fsp3) is 0.435. The summed E-state index contributed by atoms with van der Waals surface area (Å²) in [6.07, 6.45) is 1.42. The smallest absolute Gasteiger partial charge is 0.244 e. The van der Waals surface area contributed by atoms with Crippen LogP contribution >= 0.6 is 0 Å². The summed E-state index contributed by atoms with van der Waals surface area (Å²) >= 11 is 0. The van der Waals surface area contributed by atoms with Gasteiger partial charge in [0, 0.05) is 0 Å². The Morgan fingerprint density at radius 1 is 1.00 bits per heavy atom. The van der Waals surface area contributed by atoms with Crippen molar-refractivity contribution in [3.05, 3.63) is 53.6 Å². The van der Waals surface area contributed by atoms with Crippen LogP contribution in [0.4, 0.5) is 5.69 Å². The van der Waals surface area contributed by atoms with Crippen molar-refractivity contribution in [3.63, 3.8) is 0 Å². The Morgan fingerprint density at radius 2 is 1.61 bits per heavy atom. The maximum Gasteiger partial charge on any atom is 0.244 e. The van der Waals surface area contributed by atoms with Crippen molar-refractivity contribution in [1.82, 2.24) is 5.32 Å². The molecule has 0 aliphatic heterocycles. The van der Waals surface area contributed by atoms with Gasteiger partial charge in [-0.05, 0) is 74.7 Å². The molecule has 0 bridgehead atoms. The van der Waals surface area contributed by atoms with E-state index in [0.29, 0.717) is 24.5 Å². The SMILES string of the molecule is CCOc1ccc(N([C@@H](CC)C(=O)NCCOc2cc(C)cc(C)c2)S(C)(=O)=O)cc1. The van der Waals surface area contributed by atoms with E-state index in [9.17, 15) is 13.2 Å². The molecule has 2 aromatic carbocycles. The van der Waals surface area contributed by atoms with Gasteiger partial charge in [-0.1, -0.05) is 13.0 Å². The lowest BCUT2D eigenvalue weighted by Gasteiger charge is -2.30. The molecule has 0 radical (unpaired) electrons. The second-order valence-electron chi connectivity index (χ2n) is 7.37. The molecule has 0 aliphatic carbocycles. The normalized spacial score (nSPS) is 12.2. The number of nitrogens with one attached hydrogen (secondary N) is 1. The molecule has 7 nitrogen and oxygen atoms in total. The number of nitrogens with zero attached hydrogens (tertiary/aromatic N) is 1. The van der Waals surface area contributed by atoms with Gasteiger partial charge in [0.25, 0.3) is 0 Å². The maximum atomic E-state index is 12.8. The monoisotopic (exact) mass is 448 g/mol. The Bertz CT molecular complexity index is 954. The summed E-state index contributed by atoms with van der Waals surface area (Å²) in [5.41, 5.74) is 2.62. The van der Waals surface area contributed by atoms with Crippen molar-refractivity contribution >= 4 is 21.6 Å². The van der Waals surface area contributed by atoms with Crippen LogP contribution in [0.3, 0.4) is 0 Å². The van der Waals surface area contributed by atoms with Crippen LogP contribution in [0.5, 0.6) is 11.5 Å². The number of hydrogen-bond acceptors (Lipinski definition) is 5. The van der Waals surface area contributed by atoms with E-state index in [1.165, 1.54) is 0 Å². The number of carbonyl (C=O) groups is 1. The molecule has 0 unspecified atom stereocenters. The molecule has 0 saturated carbocycles. The topological polar surface area (TPSA) is 84.9 Å². The first kappa shape index (κ1) is 24.5. The minimum atomic E-state index is -3.68. The first-order valence-electron chi connectivity index (χ1n) is 10.4. The van der Waals surface area contributed by atoms with E-state index in [0.717, 1.165) is 27.4 Å². The van der Waals surface area contributed by atoms with Crippen LogP contribution < -0.4 is 19.1 Å². The Kier molecular flexibility index (Phi) is 8.74. The Hall–Kier alpha value is -2.74. The van der Waals surface area contributed by atoms with Gasteiger partial charge in [0.15, 0.2) is 0 Å². The lowest BCUT2D eigenvalue weighted by molar-refractivity contribution is -0.122. The predicted molar refractivity (Wildman–Crippen MR) is 123 cm³/mol. The number of anilines is 1. The molecule has 170 valence electrons. The van der Waals surface area contributed by atoms with E-state index in [1.807, 2.05) is 32.9 Å². The number of rotatable bonds is 11. The van der Waals surface area contributed by atoms with Gasteiger partial charge in [0.2, 0.25) is 15.9 Å². The minimum absolute atomic E-state index is 0.267.